The van der Waals surface area contributed by atoms with Crippen LogP contribution in [0.1, 0.15) is 31.7 Å². The quantitative estimate of drug-likeness (QED) is 0.838. The Hall–Kier alpha value is -1.15. The van der Waals surface area contributed by atoms with E-state index in [1.165, 1.54) is 0 Å². The van der Waals surface area contributed by atoms with E-state index in [-0.39, 0.29) is 24.4 Å². The monoisotopic (exact) mass is 385 g/mol. The molecule has 3 heterocycles. The molecular weight excluding hydrogens is 362 g/mol. The lowest BCUT2D eigenvalue weighted by Gasteiger charge is -2.24. The highest BCUT2D eigenvalue weighted by atomic mass is 35.5. The minimum Gasteiger partial charge on any atom is -0.312 e. The van der Waals surface area contributed by atoms with Crippen LogP contribution >= 0.6 is 12.4 Å². The fraction of sp³-hybridized carbons (Fsp3) is 0.588. The topological polar surface area (TPSA) is 69.7 Å². The van der Waals surface area contributed by atoms with Crippen molar-refractivity contribution >= 4 is 34.0 Å². The van der Waals surface area contributed by atoms with Gasteiger partial charge >= 0.3 is 0 Å². The van der Waals surface area contributed by atoms with Gasteiger partial charge in [-0.05, 0) is 49.4 Å². The molecule has 138 valence electrons. The summed E-state index contributed by atoms with van der Waals surface area (Å²) in [6, 6.07) is 5.91. The molecule has 6 nitrogen and oxygen atoms in total. The van der Waals surface area contributed by atoms with Gasteiger partial charge in [0.1, 0.15) is 0 Å². The molecule has 1 N–H and O–H groups in total. The number of benzene rings is 1. The zero-order valence-corrected chi connectivity index (χ0v) is 15.9. The smallest absolute Gasteiger partial charge is 0.243 e. The van der Waals surface area contributed by atoms with Gasteiger partial charge in [-0.2, -0.15) is 4.31 Å². The second-order valence-electron chi connectivity index (χ2n) is 7.00. The summed E-state index contributed by atoms with van der Waals surface area (Å²) in [5.74, 6) is -0.000949. The van der Waals surface area contributed by atoms with Gasteiger partial charge in [0, 0.05) is 44.3 Å². The number of carbonyl (C=O) groups is 1. The summed E-state index contributed by atoms with van der Waals surface area (Å²) < 4.78 is 27.7. The average Bonchev–Trinajstić information content (AvgIpc) is 3.09. The van der Waals surface area contributed by atoms with Gasteiger partial charge in [0.15, 0.2) is 0 Å². The molecule has 2 unspecified atom stereocenters. The van der Waals surface area contributed by atoms with Gasteiger partial charge in [0.05, 0.1) is 4.90 Å². The number of hydrogen-bond donors (Lipinski definition) is 1. The van der Waals surface area contributed by atoms with Crippen molar-refractivity contribution in [2.75, 3.05) is 24.5 Å². The lowest BCUT2D eigenvalue weighted by atomic mass is 10.1. The molecule has 2 saturated heterocycles. The Bertz CT molecular complexity index is 783. The summed E-state index contributed by atoms with van der Waals surface area (Å²) in [4.78, 5) is 13.7. The van der Waals surface area contributed by atoms with Crippen molar-refractivity contribution in [2.24, 2.45) is 0 Å². The van der Waals surface area contributed by atoms with Gasteiger partial charge < -0.3 is 10.2 Å². The van der Waals surface area contributed by atoms with E-state index in [2.05, 4.69) is 5.32 Å². The molecule has 0 radical (unpaired) electrons. The molecule has 3 aliphatic rings. The van der Waals surface area contributed by atoms with Gasteiger partial charge in [-0.3, -0.25) is 4.79 Å². The van der Waals surface area contributed by atoms with Crippen LogP contribution in [0.5, 0.6) is 0 Å². The Morgan fingerprint density at radius 1 is 1.16 bits per heavy atom. The predicted octanol–water partition coefficient (Wildman–Crippen LogP) is 1.53. The summed E-state index contributed by atoms with van der Waals surface area (Å²) in [6.07, 6.45) is 3.79. The maximum Gasteiger partial charge on any atom is 0.243 e. The molecule has 25 heavy (non-hydrogen) atoms. The van der Waals surface area contributed by atoms with E-state index in [4.69, 9.17) is 0 Å². The highest BCUT2D eigenvalue weighted by Gasteiger charge is 2.35. The molecule has 3 aliphatic heterocycles. The van der Waals surface area contributed by atoms with Crippen molar-refractivity contribution in [3.8, 4) is 0 Å². The third-order valence-electron chi connectivity index (χ3n) is 5.45. The van der Waals surface area contributed by atoms with Crippen LogP contribution in [0, 0.1) is 0 Å². The highest BCUT2D eigenvalue weighted by Crippen LogP contribution is 2.32. The molecule has 0 aliphatic carbocycles. The second kappa shape index (κ2) is 6.87. The standard InChI is InChI=1S/C17H23N3O3S.ClH/c1-12(21)20-9-6-13-10-16(4-5-17(13)20)24(22,23)19-8-7-14-2-3-15(11-19)18-14;/h4-5,10,14-15,18H,2-3,6-9,11H2,1H3;1H. The third kappa shape index (κ3) is 3.30. The van der Waals surface area contributed by atoms with Crippen molar-refractivity contribution in [3.63, 3.8) is 0 Å². The number of hydrogen-bond acceptors (Lipinski definition) is 4. The van der Waals surface area contributed by atoms with E-state index in [0.717, 1.165) is 30.5 Å². The van der Waals surface area contributed by atoms with E-state index in [9.17, 15) is 13.2 Å². The zero-order valence-electron chi connectivity index (χ0n) is 14.3. The van der Waals surface area contributed by atoms with Crippen LogP contribution in [0.2, 0.25) is 0 Å². The van der Waals surface area contributed by atoms with Crippen molar-refractivity contribution in [1.82, 2.24) is 9.62 Å². The molecule has 0 saturated carbocycles. The molecule has 1 amide bonds. The van der Waals surface area contributed by atoms with Crippen LogP contribution < -0.4 is 10.2 Å². The van der Waals surface area contributed by atoms with Gasteiger partial charge in [0.2, 0.25) is 15.9 Å². The first-order chi connectivity index (χ1) is 11.4. The van der Waals surface area contributed by atoms with Crippen molar-refractivity contribution in [2.45, 2.75) is 49.6 Å². The Labute approximate surface area is 155 Å². The molecule has 0 spiro atoms. The molecule has 0 aromatic heterocycles. The van der Waals surface area contributed by atoms with E-state index in [1.54, 1.807) is 34.3 Å². The number of anilines is 1. The van der Waals surface area contributed by atoms with Crippen LogP contribution in [-0.4, -0.2) is 50.3 Å². The second-order valence-corrected chi connectivity index (χ2v) is 8.94. The largest absolute Gasteiger partial charge is 0.312 e. The van der Waals surface area contributed by atoms with Gasteiger partial charge in [-0.1, -0.05) is 0 Å². The van der Waals surface area contributed by atoms with Crippen LogP contribution in [0.4, 0.5) is 5.69 Å². The Kier molecular flexibility index (Phi) is 5.12. The molecule has 4 rings (SSSR count). The predicted molar refractivity (Wildman–Crippen MR) is 98.7 cm³/mol. The van der Waals surface area contributed by atoms with Gasteiger partial charge in [-0.25, -0.2) is 8.42 Å². The summed E-state index contributed by atoms with van der Waals surface area (Å²) in [6.45, 7) is 3.30. The average molecular weight is 386 g/mol. The minimum absolute atomic E-state index is 0. The van der Waals surface area contributed by atoms with Gasteiger partial charge in [-0.15, -0.1) is 12.4 Å². The Morgan fingerprint density at radius 2 is 1.92 bits per heavy atom. The first-order valence-electron chi connectivity index (χ1n) is 8.62. The van der Waals surface area contributed by atoms with Crippen molar-refractivity contribution in [3.05, 3.63) is 23.8 Å². The van der Waals surface area contributed by atoms with Crippen LogP contribution in [0.15, 0.2) is 23.1 Å². The molecule has 1 aromatic carbocycles. The van der Waals surface area contributed by atoms with E-state index < -0.39 is 10.0 Å². The fourth-order valence-corrected chi connectivity index (χ4v) is 5.70. The molecule has 2 bridgehead atoms. The summed E-state index contributed by atoms with van der Waals surface area (Å²) >= 11 is 0. The molecular formula is C17H24ClN3O3S. The number of amides is 1. The molecule has 1 aromatic rings. The minimum atomic E-state index is -3.48. The van der Waals surface area contributed by atoms with Crippen LogP contribution in [0.25, 0.3) is 0 Å². The van der Waals surface area contributed by atoms with Gasteiger partial charge in [0.25, 0.3) is 0 Å². The van der Waals surface area contributed by atoms with Crippen molar-refractivity contribution in [1.29, 1.82) is 0 Å². The number of sulfonamides is 1. The summed E-state index contributed by atoms with van der Waals surface area (Å²) in [5, 5.41) is 3.52. The zero-order chi connectivity index (χ0) is 16.9. The number of fused-ring (bicyclic) bond motifs is 3. The van der Waals surface area contributed by atoms with E-state index in [1.807, 2.05) is 0 Å². The van der Waals surface area contributed by atoms with E-state index >= 15 is 0 Å². The molecule has 2 atom stereocenters. The lowest BCUT2D eigenvalue weighted by molar-refractivity contribution is -0.116. The SMILES string of the molecule is CC(=O)N1CCc2cc(S(=O)(=O)N3CCC4CCC(C3)N4)ccc21.Cl. The third-order valence-corrected chi connectivity index (χ3v) is 7.31. The molecule has 8 heteroatoms. The Balaban J connectivity index is 0.00000182. The van der Waals surface area contributed by atoms with Crippen LogP contribution in [-0.2, 0) is 21.2 Å². The molecule has 2 fully saturated rings. The van der Waals surface area contributed by atoms with Crippen molar-refractivity contribution < 1.29 is 13.2 Å². The Morgan fingerprint density at radius 3 is 2.68 bits per heavy atom. The maximum atomic E-state index is 13.0. The maximum absolute atomic E-state index is 13.0. The summed E-state index contributed by atoms with van der Waals surface area (Å²) in [5.41, 5.74) is 1.79. The number of rotatable bonds is 2. The normalized spacial score (nSPS) is 26.0. The fourth-order valence-electron chi connectivity index (χ4n) is 4.14. The number of carbonyl (C=O) groups excluding carboxylic acids is 1. The first kappa shape index (κ1) is 18.6. The number of halogens is 1. The highest BCUT2D eigenvalue weighted by molar-refractivity contribution is 7.89. The lowest BCUT2D eigenvalue weighted by Crippen LogP contribution is -2.39. The van der Waals surface area contributed by atoms with E-state index in [0.29, 0.717) is 37.0 Å². The number of nitrogens with zero attached hydrogens (tertiary/aromatic N) is 2. The summed E-state index contributed by atoms with van der Waals surface area (Å²) in [7, 11) is -3.48. The van der Waals surface area contributed by atoms with Crippen LogP contribution in [0.3, 0.4) is 0 Å². The number of nitrogens with one attached hydrogen (secondary N) is 1. The first-order valence-corrected chi connectivity index (χ1v) is 10.1.